The van der Waals surface area contributed by atoms with Crippen molar-refractivity contribution in [3.8, 4) is 0 Å². The largest absolute Gasteiger partial charge is 0.309 e. The van der Waals surface area contributed by atoms with E-state index in [0.29, 0.717) is 6.04 Å². The first kappa shape index (κ1) is 14.5. The Morgan fingerprint density at radius 3 is 2.74 bits per heavy atom. The van der Waals surface area contributed by atoms with Crippen LogP contribution in [0.2, 0.25) is 0 Å². The van der Waals surface area contributed by atoms with Gasteiger partial charge in [-0.3, -0.25) is 0 Å². The van der Waals surface area contributed by atoms with Gasteiger partial charge in [0.1, 0.15) is 5.82 Å². The molecule has 1 aromatic carbocycles. The molecule has 0 aliphatic rings. The molecule has 1 heterocycles. The van der Waals surface area contributed by atoms with E-state index in [0.717, 1.165) is 22.5 Å². The molecule has 0 amide bonds. The van der Waals surface area contributed by atoms with Gasteiger partial charge in [-0.2, -0.15) is 4.37 Å². The number of hydrogen-bond donors (Lipinski definition) is 1. The lowest BCUT2D eigenvalue weighted by Crippen LogP contribution is -2.23. The van der Waals surface area contributed by atoms with Crippen LogP contribution in [0.1, 0.15) is 29.9 Å². The Labute approximate surface area is 123 Å². The number of rotatable bonds is 6. The predicted octanol–water partition coefficient (Wildman–Crippen LogP) is 3.60. The van der Waals surface area contributed by atoms with Crippen LogP contribution >= 0.6 is 23.3 Å². The minimum absolute atomic E-state index is 0.361. The molecule has 2 rings (SSSR count). The lowest BCUT2D eigenvalue weighted by Gasteiger charge is -2.19. The second-order valence-electron chi connectivity index (χ2n) is 4.39. The maximum Gasteiger partial charge on any atom is 0.170 e. The minimum Gasteiger partial charge on any atom is -0.309 e. The van der Waals surface area contributed by atoms with Gasteiger partial charge in [0.2, 0.25) is 0 Å². The van der Waals surface area contributed by atoms with Crippen molar-refractivity contribution in [1.29, 1.82) is 0 Å². The molecule has 3 nitrogen and oxygen atoms in total. The molecule has 1 aromatic heterocycles. The Kier molecular flexibility index (Phi) is 5.36. The van der Waals surface area contributed by atoms with E-state index in [2.05, 4.69) is 52.8 Å². The highest BCUT2D eigenvalue weighted by Gasteiger charge is 2.14. The molecule has 0 saturated heterocycles. The average molecular weight is 293 g/mol. The molecule has 0 radical (unpaired) electrons. The smallest absolute Gasteiger partial charge is 0.170 e. The van der Waals surface area contributed by atoms with Crippen molar-refractivity contribution < 1.29 is 0 Å². The van der Waals surface area contributed by atoms with Crippen molar-refractivity contribution >= 4 is 23.3 Å². The summed E-state index contributed by atoms with van der Waals surface area (Å²) in [6.45, 7) is 7.21. The van der Waals surface area contributed by atoms with E-state index in [1.807, 2.05) is 6.92 Å². The highest BCUT2D eigenvalue weighted by Crippen LogP contribution is 2.27. The van der Waals surface area contributed by atoms with E-state index in [1.165, 1.54) is 22.7 Å². The van der Waals surface area contributed by atoms with Gasteiger partial charge in [-0.25, -0.2) is 4.98 Å². The summed E-state index contributed by atoms with van der Waals surface area (Å²) in [5.41, 5.74) is 2.71. The molecular weight excluding hydrogens is 274 g/mol. The maximum absolute atomic E-state index is 4.40. The first-order valence-electron chi connectivity index (χ1n) is 6.42. The van der Waals surface area contributed by atoms with Crippen molar-refractivity contribution in [2.24, 2.45) is 0 Å². The zero-order valence-corrected chi connectivity index (χ0v) is 13.1. The fourth-order valence-corrected chi connectivity index (χ4v) is 3.73. The molecule has 1 N–H and O–H groups in total. The first-order valence-corrected chi connectivity index (χ1v) is 8.18. The van der Waals surface area contributed by atoms with Crippen molar-refractivity contribution in [2.75, 3.05) is 12.3 Å². The Hall–Kier alpha value is -0.910. The summed E-state index contributed by atoms with van der Waals surface area (Å²) >= 11 is 3.26. The molecule has 1 atom stereocenters. The average Bonchev–Trinajstić information content (AvgIpc) is 2.81. The Balaban J connectivity index is 2.06. The van der Waals surface area contributed by atoms with Crippen LogP contribution in [0.3, 0.4) is 0 Å². The molecule has 0 aliphatic carbocycles. The van der Waals surface area contributed by atoms with Crippen molar-refractivity contribution in [3.05, 3.63) is 41.2 Å². The molecule has 2 aromatic rings. The summed E-state index contributed by atoms with van der Waals surface area (Å²) < 4.78 is 5.27. The molecule has 19 heavy (non-hydrogen) atoms. The van der Waals surface area contributed by atoms with Crippen LogP contribution in [0.15, 0.2) is 28.6 Å². The summed E-state index contributed by atoms with van der Waals surface area (Å²) in [6.07, 6.45) is 0. The van der Waals surface area contributed by atoms with Gasteiger partial charge >= 0.3 is 0 Å². The van der Waals surface area contributed by atoms with Crippen molar-refractivity contribution in [2.45, 2.75) is 31.2 Å². The zero-order chi connectivity index (χ0) is 13.7. The van der Waals surface area contributed by atoms with Gasteiger partial charge in [0, 0.05) is 11.8 Å². The second-order valence-corrected chi connectivity index (χ2v) is 6.40. The van der Waals surface area contributed by atoms with Gasteiger partial charge < -0.3 is 5.32 Å². The van der Waals surface area contributed by atoms with E-state index in [4.69, 9.17) is 0 Å². The van der Waals surface area contributed by atoms with Gasteiger partial charge in [0.15, 0.2) is 4.34 Å². The third-order valence-corrected chi connectivity index (χ3v) is 4.92. The quantitative estimate of drug-likeness (QED) is 0.826. The maximum atomic E-state index is 4.40. The fraction of sp³-hybridized carbons (Fsp3) is 0.429. The molecule has 0 aliphatic heterocycles. The van der Waals surface area contributed by atoms with Gasteiger partial charge in [-0.1, -0.05) is 43.0 Å². The Morgan fingerprint density at radius 2 is 2.11 bits per heavy atom. The molecule has 0 bridgehead atoms. The summed E-state index contributed by atoms with van der Waals surface area (Å²) in [5, 5.41) is 3.55. The Bertz CT molecular complexity index is 525. The van der Waals surface area contributed by atoms with Crippen molar-refractivity contribution in [3.63, 3.8) is 0 Å². The summed E-state index contributed by atoms with van der Waals surface area (Å²) in [4.78, 5) is 4.40. The molecule has 0 spiro atoms. The third kappa shape index (κ3) is 4.03. The van der Waals surface area contributed by atoms with Gasteiger partial charge in [0.05, 0.1) is 0 Å². The van der Waals surface area contributed by atoms with Crippen LogP contribution in [0.5, 0.6) is 0 Å². The topological polar surface area (TPSA) is 37.8 Å². The molecule has 0 fully saturated rings. The van der Waals surface area contributed by atoms with E-state index >= 15 is 0 Å². The molecule has 102 valence electrons. The minimum atomic E-state index is 0.361. The number of aromatic nitrogens is 2. The fourth-order valence-electron chi connectivity index (χ4n) is 1.97. The summed E-state index contributed by atoms with van der Waals surface area (Å²) in [6, 6.07) is 8.92. The Morgan fingerprint density at radius 1 is 1.32 bits per heavy atom. The number of benzene rings is 1. The standard InChI is InChI=1S/C14H19N3S2/c1-4-15-13(12-8-6-5-7-10(12)2)9-18-14-16-11(3)17-19-14/h5-8,13,15H,4,9H2,1-3H3. The van der Waals surface area contributed by atoms with E-state index in [9.17, 15) is 0 Å². The molecule has 5 heteroatoms. The summed E-state index contributed by atoms with van der Waals surface area (Å²) in [7, 11) is 0. The number of nitrogens with one attached hydrogen (secondary N) is 1. The lowest BCUT2D eigenvalue weighted by molar-refractivity contribution is 0.603. The molecule has 1 unspecified atom stereocenters. The van der Waals surface area contributed by atoms with E-state index in [1.54, 1.807) is 11.8 Å². The number of nitrogens with zero attached hydrogens (tertiary/aromatic N) is 2. The van der Waals surface area contributed by atoms with Crippen LogP contribution in [0.25, 0.3) is 0 Å². The monoisotopic (exact) mass is 293 g/mol. The number of thioether (sulfide) groups is 1. The first-order chi connectivity index (χ1) is 9.20. The molecular formula is C14H19N3S2. The number of hydrogen-bond acceptors (Lipinski definition) is 5. The SMILES string of the molecule is CCNC(CSc1nc(C)ns1)c1ccccc1C. The van der Waals surface area contributed by atoms with Gasteiger partial charge in [-0.15, -0.1) is 0 Å². The highest BCUT2D eigenvalue weighted by atomic mass is 32.2. The normalized spacial score (nSPS) is 12.6. The number of aryl methyl sites for hydroxylation is 2. The highest BCUT2D eigenvalue weighted by molar-refractivity contribution is 8.00. The third-order valence-electron chi connectivity index (χ3n) is 2.90. The zero-order valence-electron chi connectivity index (χ0n) is 11.5. The van der Waals surface area contributed by atoms with E-state index in [-0.39, 0.29) is 0 Å². The van der Waals surface area contributed by atoms with Crippen LogP contribution < -0.4 is 5.32 Å². The van der Waals surface area contributed by atoms with Crippen LogP contribution in [0.4, 0.5) is 0 Å². The second kappa shape index (κ2) is 7.03. The van der Waals surface area contributed by atoms with E-state index < -0.39 is 0 Å². The summed E-state index contributed by atoms with van der Waals surface area (Å²) in [5.74, 6) is 1.84. The molecule has 0 saturated carbocycles. The van der Waals surface area contributed by atoms with Gasteiger partial charge in [0.25, 0.3) is 0 Å². The van der Waals surface area contributed by atoms with Crippen LogP contribution in [-0.4, -0.2) is 21.7 Å². The van der Waals surface area contributed by atoms with Crippen LogP contribution in [0, 0.1) is 13.8 Å². The predicted molar refractivity (Wildman–Crippen MR) is 83.0 cm³/mol. The van der Waals surface area contributed by atoms with Crippen LogP contribution in [-0.2, 0) is 0 Å². The van der Waals surface area contributed by atoms with Crippen molar-refractivity contribution in [1.82, 2.24) is 14.7 Å². The van der Waals surface area contributed by atoms with Gasteiger partial charge in [-0.05, 0) is 43.1 Å². The lowest BCUT2D eigenvalue weighted by atomic mass is 10.0.